The summed E-state index contributed by atoms with van der Waals surface area (Å²) < 4.78 is 31.2. The Labute approximate surface area is 120 Å². The molecule has 1 aromatic carbocycles. The quantitative estimate of drug-likeness (QED) is 0.896. The lowest BCUT2D eigenvalue weighted by atomic mass is 10.1. The molecule has 0 spiro atoms. The van der Waals surface area contributed by atoms with Crippen LogP contribution in [0, 0.1) is 0 Å². The second kappa shape index (κ2) is 6.07. The lowest BCUT2D eigenvalue weighted by molar-refractivity contribution is -0.136. The van der Waals surface area contributed by atoms with Gasteiger partial charge < -0.3 is 14.7 Å². The molecule has 0 aromatic heterocycles. The van der Waals surface area contributed by atoms with E-state index in [0.717, 1.165) is 4.90 Å². The normalized spacial score (nSPS) is 16.8. The molecule has 0 saturated carbocycles. The lowest BCUT2D eigenvalue weighted by Gasteiger charge is -2.16. The molecule has 1 aliphatic rings. The number of hydrogen-bond acceptors (Lipinski definition) is 3. The van der Waals surface area contributed by atoms with E-state index in [0.29, 0.717) is 11.3 Å². The van der Waals surface area contributed by atoms with E-state index in [1.54, 1.807) is 18.2 Å². The number of alkyl halides is 2. The number of carboxylic acid groups (broad SMARTS) is 1. The SMILES string of the molecule is O=C(O)Cc1cccc(OCC(=O)N2CCC(F)(F)C2)c1. The van der Waals surface area contributed by atoms with Gasteiger partial charge in [-0.05, 0) is 17.7 Å². The van der Waals surface area contributed by atoms with Gasteiger partial charge >= 0.3 is 5.97 Å². The van der Waals surface area contributed by atoms with Crippen molar-refractivity contribution < 1.29 is 28.2 Å². The van der Waals surface area contributed by atoms with Gasteiger partial charge in [0.2, 0.25) is 0 Å². The van der Waals surface area contributed by atoms with Gasteiger partial charge in [0.15, 0.2) is 6.61 Å². The van der Waals surface area contributed by atoms with E-state index in [1.165, 1.54) is 6.07 Å². The highest BCUT2D eigenvalue weighted by atomic mass is 19.3. The van der Waals surface area contributed by atoms with Crippen LogP contribution in [0.4, 0.5) is 8.78 Å². The van der Waals surface area contributed by atoms with Gasteiger partial charge in [-0.3, -0.25) is 9.59 Å². The molecule has 5 nitrogen and oxygen atoms in total. The predicted octanol–water partition coefficient (Wildman–Crippen LogP) is 1.56. The van der Waals surface area contributed by atoms with E-state index < -0.39 is 24.3 Å². The second-order valence-electron chi connectivity index (χ2n) is 4.93. The maximum atomic E-state index is 13.0. The fraction of sp³-hybridized carbons (Fsp3) is 0.429. The predicted molar refractivity (Wildman–Crippen MR) is 69.4 cm³/mol. The molecule has 114 valence electrons. The highest BCUT2D eigenvalue weighted by molar-refractivity contribution is 5.78. The number of hydrogen-bond donors (Lipinski definition) is 1. The number of carbonyl (C=O) groups excluding carboxylic acids is 1. The van der Waals surface area contributed by atoms with Crippen LogP contribution in [0.2, 0.25) is 0 Å². The number of benzene rings is 1. The number of carbonyl (C=O) groups is 2. The van der Waals surface area contributed by atoms with Crippen LogP contribution in [0.25, 0.3) is 0 Å². The molecule has 0 radical (unpaired) electrons. The molecule has 21 heavy (non-hydrogen) atoms. The van der Waals surface area contributed by atoms with Gasteiger partial charge in [0.05, 0.1) is 13.0 Å². The van der Waals surface area contributed by atoms with Crippen molar-refractivity contribution in [2.75, 3.05) is 19.7 Å². The Balaban J connectivity index is 1.88. The fourth-order valence-electron chi connectivity index (χ4n) is 2.10. The number of halogens is 2. The highest BCUT2D eigenvalue weighted by Gasteiger charge is 2.40. The van der Waals surface area contributed by atoms with Gasteiger partial charge in [-0.25, -0.2) is 8.78 Å². The standard InChI is InChI=1S/C14H15F2NO4/c15-14(16)4-5-17(9-14)12(18)8-21-11-3-1-2-10(6-11)7-13(19)20/h1-3,6H,4-5,7-9H2,(H,19,20). The topological polar surface area (TPSA) is 66.8 Å². The zero-order valence-corrected chi connectivity index (χ0v) is 11.2. The van der Waals surface area contributed by atoms with Crippen LogP contribution in [0.3, 0.4) is 0 Å². The lowest BCUT2D eigenvalue weighted by Crippen LogP contribution is -2.34. The van der Waals surface area contributed by atoms with E-state index in [9.17, 15) is 18.4 Å². The molecule has 1 amide bonds. The van der Waals surface area contributed by atoms with Crippen molar-refractivity contribution in [1.82, 2.24) is 4.90 Å². The van der Waals surface area contributed by atoms with Crippen molar-refractivity contribution in [2.45, 2.75) is 18.8 Å². The van der Waals surface area contributed by atoms with Gasteiger partial charge in [-0.15, -0.1) is 0 Å². The van der Waals surface area contributed by atoms with Crippen molar-refractivity contribution in [1.29, 1.82) is 0 Å². The maximum absolute atomic E-state index is 13.0. The molecule has 0 bridgehead atoms. The van der Waals surface area contributed by atoms with Gasteiger partial charge in [-0.2, -0.15) is 0 Å². The van der Waals surface area contributed by atoms with Crippen LogP contribution in [0.5, 0.6) is 5.75 Å². The number of aliphatic carboxylic acids is 1. The van der Waals surface area contributed by atoms with Gasteiger partial charge in [0.1, 0.15) is 5.75 Å². The van der Waals surface area contributed by atoms with Crippen LogP contribution in [0.15, 0.2) is 24.3 Å². The molecular formula is C14H15F2NO4. The van der Waals surface area contributed by atoms with Crippen molar-refractivity contribution in [3.05, 3.63) is 29.8 Å². The first-order valence-electron chi connectivity index (χ1n) is 6.45. The summed E-state index contributed by atoms with van der Waals surface area (Å²) in [6.45, 7) is -0.894. The third kappa shape index (κ3) is 4.40. The first kappa shape index (κ1) is 15.2. The zero-order chi connectivity index (χ0) is 15.5. The Bertz CT molecular complexity index is 548. The number of likely N-dealkylation sites (tertiary alicyclic amines) is 1. The third-order valence-electron chi connectivity index (χ3n) is 3.14. The molecule has 1 N–H and O–H groups in total. The summed E-state index contributed by atoms with van der Waals surface area (Å²) in [7, 11) is 0. The van der Waals surface area contributed by atoms with Crippen molar-refractivity contribution in [2.24, 2.45) is 0 Å². The minimum atomic E-state index is -2.82. The van der Waals surface area contributed by atoms with E-state index >= 15 is 0 Å². The van der Waals surface area contributed by atoms with Crippen LogP contribution < -0.4 is 4.74 Å². The largest absolute Gasteiger partial charge is 0.484 e. The molecule has 0 unspecified atom stereocenters. The monoisotopic (exact) mass is 299 g/mol. The summed E-state index contributed by atoms with van der Waals surface area (Å²) in [6.07, 6.45) is -0.476. The minimum absolute atomic E-state index is 0.0221. The fourth-order valence-corrected chi connectivity index (χ4v) is 2.10. The second-order valence-corrected chi connectivity index (χ2v) is 4.93. The minimum Gasteiger partial charge on any atom is -0.484 e. The van der Waals surface area contributed by atoms with Crippen LogP contribution in [-0.2, 0) is 16.0 Å². The average molecular weight is 299 g/mol. The molecule has 1 fully saturated rings. The molecule has 1 aliphatic heterocycles. The van der Waals surface area contributed by atoms with Crippen molar-refractivity contribution >= 4 is 11.9 Å². The van der Waals surface area contributed by atoms with E-state index in [4.69, 9.17) is 9.84 Å². The van der Waals surface area contributed by atoms with Gasteiger partial charge in [0, 0.05) is 13.0 Å². The summed E-state index contributed by atoms with van der Waals surface area (Å²) in [5.41, 5.74) is 0.542. The van der Waals surface area contributed by atoms with Gasteiger partial charge in [0.25, 0.3) is 11.8 Å². The Morgan fingerprint density at radius 1 is 1.38 bits per heavy atom. The molecule has 0 aliphatic carbocycles. The van der Waals surface area contributed by atoms with Crippen molar-refractivity contribution in [3.63, 3.8) is 0 Å². The average Bonchev–Trinajstić information content (AvgIpc) is 2.76. The first-order valence-corrected chi connectivity index (χ1v) is 6.45. The smallest absolute Gasteiger partial charge is 0.307 e. The molecule has 1 aromatic rings. The zero-order valence-electron chi connectivity index (χ0n) is 11.2. The molecule has 0 atom stereocenters. The summed E-state index contributed by atoms with van der Waals surface area (Å²) in [6, 6.07) is 6.34. The summed E-state index contributed by atoms with van der Waals surface area (Å²) in [5, 5.41) is 8.70. The van der Waals surface area contributed by atoms with Crippen molar-refractivity contribution in [3.8, 4) is 5.75 Å². The molecule has 2 rings (SSSR count). The molecular weight excluding hydrogens is 284 g/mol. The van der Waals surface area contributed by atoms with E-state index in [2.05, 4.69) is 0 Å². The summed E-state index contributed by atoms with van der Waals surface area (Å²) in [5.74, 6) is -3.96. The first-order chi connectivity index (χ1) is 9.85. The van der Waals surface area contributed by atoms with E-state index in [1.807, 2.05) is 0 Å². The highest BCUT2D eigenvalue weighted by Crippen LogP contribution is 2.26. The third-order valence-corrected chi connectivity index (χ3v) is 3.14. The maximum Gasteiger partial charge on any atom is 0.307 e. The molecule has 1 heterocycles. The summed E-state index contributed by atoms with van der Waals surface area (Å²) >= 11 is 0. The van der Waals surface area contributed by atoms with Crippen LogP contribution >= 0.6 is 0 Å². The number of carboxylic acids is 1. The number of amides is 1. The Kier molecular flexibility index (Phi) is 4.40. The van der Waals surface area contributed by atoms with Crippen LogP contribution in [0.1, 0.15) is 12.0 Å². The van der Waals surface area contributed by atoms with Gasteiger partial charge in [-0.1, -0.05) is 12.1 Å². The number of nitrogens with zero attached hydrogens (tertiary/aromatic N) is 1. The van der Waals surface area contributed by atoms with Crippen LogP contribution in [-0.4, -0.2) is 47.5 Å². The molecule has 1 saturated heterocycles. The molecule has 7 heteroatoms. The number of rotatable bonds is 5. The van der Waals surface area contributed by atoms with E-state index in [-0.39, 0.29) is 26.0 Å². The Hall–Kier alpha value is -2.18. The Morgan fingerprint density at radius 2 is 2.14 bits per heavy atom. The Morgan fingerprint density at radius 3 is 2.76 bits per heavy atom. The summed E-state index contributed by atoms with van der Waals surface area (Å²) in [4.78, 5) is 23.4. The number of ether oxygens (including phenoxy) is 1.